The molecule has 0 bridgehead atoms. The normalized spacial score (nSPS) is 13.9. The summed E-state index contributed by atoms with van der Waals surface area (Å²) in [6, 6.07) is 16.9. The molecule has 1 aliphatic rings. The van der Waals surface area contributed by atoms with Gasteiger partial charge in [-0.3, -0.25) is 4.79 Å². The molecule has 0 spiro atoms. The van der Waals surface area contributed by atoms with Crippen molar-refractivity contribution in [2.24, 2.45) is 5.92 Å². The number of rotatable bonds is 9. The zero-order chi connectivity index (χ0) is 25.2. The molecule has 1 fully saturated rings. The second-order valence-electron chi connectivity index (χ2n) is 9.14. The zero-order valence-corrected chi connectivity index (χ0v) is 20.6. The Morgan fingerprint density at radius 3 is 2.50 bits per heavy atom. The van der Waals surface area contributed by atoms with Gasteiger partial charge in [-0.15, -0.1) is 0 Å². The van der Waals surface area contributed by atoms with E-state index in [1.54, 1.807) is 43.3 Å². The number of hydrogen-bond donors (Lipinski definition) is 3. The number of aromatic nitrogens is 1. The highest BCUT2D eigenvalue weighted by molar-refractivity contribution is 7.22. The summed E-state index contributed by atoms with van der Waals surface area (Å²) in [5.41, 5.74) is 4.31. The number of carboxylic acids is 1. The van der Waals surface area contributed by atoms with Gasteiger partial charge in [-0.25, -0.2) is 14.2 Å². The molecule has 36 heavy (non-hydrogen) atoms. The van der Waals surface area contributed by atoms with Crippen LogP contribution in [0.4, 0.5) is 15.2 Å². The van der Waals surface area contributed by atoms with Gasteiger partial charge in [0.05, 0.1) is 15.9 Å². The van der Waals surface area contributed by atoms with E-state index >= 15 is 0 Å². The van der Waals surface area contributed by atoms with Crippen molar-refractivity contribution in [3.05, 3.63) is 77.6 Å². The summed E-state index contributed by atoms with van der Waals surface area (Å²) in [7, 11) is 0. The van der Waals surface area contributed by atoms with Crippen LogP contribution < -0.4 is 10.6 Å². The molecule has 0 radical (unpaired) electrons. The second kappa shape index (κ2) is 10.1. The van der Waals surface area contributed by atoms with Crippen molar-refractivity contribution in [2.45, 2.75) is 38.6 Å². The van der Waals surface area contributed by atoms with Crippen molar-refractivity contribution in [2.75, 3.05) is 5.32 Å². The average Bonchev–Trinajstić information content (AvgIpc) is 3.60. The van der Waals surface area contributed by atoms with Crippen molar-refractivity contribution in [3.8, 4) is 11.1 Å². The number of carbonyl (C=O) groups excluding carboxylic acids is 1. The van der Waals surface area contributed by atoms with E-state index in [0.29, 0.717) is 21.9 Å². The first-order valence-corrected chi connectivity index (χ1v) is 12.8. The van der Waals surface area contributed by atoms with Crippen LogP contribution in [0, 0.1) is 11.7 Å². The van der Waals surface area contributed by atoms with Crippen LogP contribution in [0.2, 0.25) is 0 Å². The third-order valence-electron chi connectivity index (χ3n) is 6.38. The third kappa shape index (κ3) is 5.39. The molecule has 1 heterocycles. The molecule has 3 aromatic carbocycles. The highest BCUT2D eigenvalue weighted by Crippen LogP contribution is 2.35. The first-order valence-electron chi connectivity index (χ1n) is 12.0. The largest absolute Gasteiger partial charge is 0.480 e. The minimum Gasteiger partial charge on any atom is -0.480 e. The number of thiazole rings is 1. The summed E-state index contributed by atoms with van der Waals surface area (Å²) in [6.45, 7) is 1.69. The Morgan fingerprint density at radius 1 is 1.08 bits per heavy atom. The molecule has 1 atom stereocenters. The van der Waals surface area contributed by atoms with E-state index in [1.165, 1.54) is 35.8 Å². The lowest BCUT2D eigenvalue weighted by atomic mass is 10.0. The molecule has 0 unspecified atom stereocenters. The zero-order valence-electron chi connectivity index (χ0n) is 19.8. The maximum Gasteiger partial charge on any atom is 0.326 e. The fourth-order valence-corrected chi connectivity index (χ4v) is 5.05. The summed E-state index contributed by atoms with van der Waals surface area (Å²) in [5, 5.41) is 15.4. The molecule has 184 valence electrons. The highest BCUT2D eigenvalue weighted by atomic mass is 32.1. The molecule has 1 aromatic heterocycles. The monoisotopic (exact) mass is 503 g/mol. The van der Waals surface area contributed by atoms with Crippen LogP contribution in [0.15, 0.2) is 60.7 Å². The van der Waals surface area contributed by atoms with E-state index in [1.807, 2.05) is 6.07 Å². The van der Waals surface area contributed by atoms with Crippen LogP contribution in [0.5, 0.6) is 0 Å². The lowest BCUT2D eigenvalue weighted by molar-refractivity contribution is -0.139. The van der Waals surface area contributed by atoms with Gasteiger partial charge in [-0.05, 0) is 84.7 Å². The number of anilines is 2. The third-order valence-corrected chi connectivity index (χ3v) is 7.31. The van der Waals surface area contributed by atoms with Crippen LogP contribution >= 0.6 is 11.3 Å². The summed E-state index contributed by atoms with van der Waals surface area (Å²) in [5.74, 6) is -1.12. The van der Waals surface area contributed by atoms with Crippen LogP contribution in [0.3, 0.4) is 0 Å². The van der Waals surface area contributed by atoms with E-state index in [2.05, 4.69) is 27.8 Å². The van der Waals surface area contributed by atoms with Crippen LogP contribution in [-0.4, -0.2) is 28.0 Å². The fourth-order valence-electron chi connectivity index (χ4n) is 4.11. The molecule has 0 saturated heterocycles. The fraction of sp³-hybridized carbons (Fsp3) is 0.250. The lowest BCUT2D eigenvalue weighted by Crippen LogP contribution is -2.40. The summed E-state index contributed by atoms with van der Waals surface area (Å²) in [4.78, 5) is 28.1. The highest BCUT2D eigenvalue weighted by Gasteiger charge is 2.22. The molecule has 3 N–H and O–H groups in total. The Morgan fingerprint density at radius 2 is 1.83 bits per heavy atom. The minimum absolute atomic E-state index is 0.289. The number of benzene rings is 3. The molecular formula is C28H26FN3O3S. The average molecular weight is 504 g/mol. The first-order chi connectivity index (χ1) is 17.4. The molecule has 1 aliphatic carbocycles. The second-order valence-corrected chi connectivity index (χ2v) is 10.2. The summed E-state index contributed by atoms with van der Waals surface area (Å²) < 4.78 is 16.0. The number of hydrogen-bond acceptors (Lipinski definition) is 5. The van der Waals surface area contributed by atoms with Gasteiger partial charge in [0.25, 0.3) is 5.91 Å². The Kier molecular flexibility index (Phi) is 6.69. The number of amides is 1. The quantitative estimate of drug-likeness (QED) is 0.246. The number of aliphatic carboxylic acids is 1. The van der Waals surface area contributed by atoms with Crippen LogP contribution in [0.25, 0.3) is 21.3 Å². The van der Waals surface area contributed by atoms with Crippen molar-refractivity contribution < 1.29 is 19.1 Å². The molecule has 1 saturated carbocycles. The lowest BCUT2D eigenvalue weighted by Gasteiger charge is -2.12. The van der Waals surface area contributed by atoms with Gasteiger partial charge in [0.1, 0.15) is 11.9 Å². The van der Waals surface area contributed by atoms with E-state index in [9.17, 15) is 14.0 Å². The summed E-state index contributed by atoms with van der Waals surface area (Å²) >= 11 is 1.51. The van der Waals surface area contributed by atoms with E-state index in [4.69, 9.17) is 5.11 Å². The maximum atomic E-state index is 15.0. The van der Waals surface area contributed by atoms with E-state index < -0.39 is 23.7 Å². The van der Waals surface area contributed by atoms with Crippen molar-refractivity contribution in [1.82, 2.24) is 10.3 Å². The predicted molar refractivity (Wildman–Crippen MR) is 140 cm³/mol. The molecule has 0 aliphatic heterocycles. The topological polar surface area (TPSA) is 91.3 Å². The summed E-state index contributed by atoms with van der Waals surface area (Å²) in [6.07, 6.45) is 4.03. The van der Waals surface area contributed by atoms with Crippen LogP contribution in [0.1, 0.15) is 42.1 Å². The van der Waals surface area contributed by atoms with Crippen molar-refractivity contribution in [1.29, 1.82) is 0 Å². The Balaban J connectivity index is 1.28. The van der Waals surface area contributed by atoms with Crippen molar-refractivity contribution in [3.63, 3.8) is 0 Å². The first kappa shape index (κ1) is 23.9. The molecular weight excluding hydrogens is 477 g/mol. The van der Waals surface area contributed by atoms with E-state index in [-0.39, 0.29) is 6.42 Å². The van der Waals surface area contributed by atoms with Gasteiger partial charge in [0.15, 0.2) is 5.13 Å². The molecule has 8 heteroatoms. The minimum atomic E-state index is -1.07. The van der Waals surface area contributed by atoms with Gasteiger partial charge in [-0.1, -0.05) is 42.5 Å². The number of carbonyl (C=O) groups is 2. The van der Waals surface area contributed by atoms with Crippen LogP contribution in [-0.2, 0) is 11.2 Å². The van der Waals surface area contributed by atoms with Gasteiger partial charge in [0, 0.05) is 5.56 Å². The molecule has 5 rings (SSSR count). The van der Waals surface area contributed by atoms with Gasteiger partial charge >= 0.3 is 5.97 Å². The number of nitrogens with one attached hydrogen (secondary N) is 2. The molecule has 4 aromatic rings. The predicted octanol–water partition coefficient (Wildman–Crippen LogP) is 6.39. The van der Waals surface area contributed by atoms with Gasteiger partial charge < -0.3 is 15.7 Å². The van der Waals surface area contributed by atoms with E-state index in [0.717, 1.165) is 28.1 Å². The Bertz CT molecular complexity index is 1430. The molecule has 6 nitrogen and oxygen atoms in total. The smallest absolute Gasteiger partial charge is 0.326 e. The maximum absolute atomic E-state index is 15.0. The number of nitrogens with zero attached hydrogens (tertiary/aromatic N) is 1. The Labute approximate surface area is 212 Å². The standard InChI is InChI=1S/C28H26FN3O3S/c1-2-22(27(34)35)30-26(33)19-8-6-18(7-9-19)20-10-12-23(21(29)15-20)31-28-32-24-11-5-17(13-16-3-4-16)14-25(24)36-28/h5-12,14-16,22H,2-4,13H2,1H3,(H,30,33)(H,31,32)(H,34,35)/t22-/m0/s1. The number of halogens is 1. The molecule has 1 amide bonds. The Hall–Kier alpha value is -3.78. The number of carboxylic acid groups (broad SMARTS) is 1. The van der Waals surface area contributed by atoms with Gasteiger partial charge in [-0.2, -0.15) is 0 Å². The number of fused-ring (bicyclic) bond motifs is 1. The van der Waals surface area contributed by atoms with Crippen molar-refractivity contribution >= 4 is 44.2 Å². The van der Waals surface area contributed by atoms with Gasteiger partial charge in [0.2, 0.25) is 0 Å². The SMILES string of the molecule is CC[C@H](NC(=O)c1ccc(-c2ccc(Nc3nc4ccc(CC5CC5)cc4s3)c(F)c2)cc1)C(=O)O.